The molecular weight excluding hydrogens is 311 g/mol. The molecule has 2 amide bonds. The topological polar surface area (TPSA) is 70.6 Å². The van der Waals surface area contributed by atoms with E-state index in [-0.39, 0.29) is 19.2 Å². The van der Waals surface area contributed by atoms with Gasteiger partial charge in [0.15, 0.2) is 0 Å². The van der Waals surface area contributed by atoms with Crippen LogP contribution in [-0.4, -0.2) is 24.8 Å². The lowest BCUT2D eigenvalue weighted by Crippen LogP contribution is -2.36. The van der Waals surface area contributed by atoms with Crippen LogP contribution in [0.4, 0.5) is 9.18 Å². The summed E-state index contributed by atoms with van der Waals surface area (Å²) in [5.41, 5.74) is 2.55. The molecule has 0 unspecified atom stereocenters. The lowest BCUT2D eigenvalue weighted by atomic mass is 10.1. The van der Waals surface area contributed by atoms with Crippen LogP contribution in [0.2, 0.25) is 0 Å². The summed E-state index contributed by atoms with van der Waals surface area (Å²) in [7, 11) is 1.46. The van der Waals surface area contributed by atoms with Crippen LogP contribution in [0, 0.1) is 5.82 Å². The highest BCUT2D eigenvalue weighted by atomic mass is 19.1. The number of carbonyl (C=O) groups is 1. The number of halogens is 1. The zero-order valence-corrected chi connectivity index (χ0v) is 13.5. The normalized spacial score (nSPS) is 10.3. The molecule has 24 heavy (non-hydrogen) atoms. The molecule has 6 heteroatoms. The summed E-state index contributed by atoms with van der Waals surface area (Å²) in [6.45, 7) is 0.716. The highest BCUT2D eigenvalue weighted by molar-refractivity contribution is 5.73. The van der Waals surface area contributed by atoms with Crippen LogP contribution in [0.15, 0.2) is 42.5 Å². The number of aliphatic hydroxyl groups is 1. The van der Waals surface area contributed by atoms with Gasteiger partial charge in [0.2, 0.25) is 0 Å². The van der Waals surface area contributed by atoms with Gasteiger partial charge in [-0.1, -0.05) is 24.3 Å². The minimum atomic E-state index is -0.405. The minimum Gasteiger partial charge on any atom is -0.497 e. The fraction of sp³-hybridized carbons (Fsp3) is 0.278. The Labute approximate surface area is 140 Å². The SMILES string of the molecule is COc1cc(F)cc(CNC(=O)NCCc2ccc(CO)cc2)c1. The van der Waals surface area contributed by atoms with Gasteiger partial charge in [0.25, 0.3) is 0 Å². The van der Waals surface area contributed by atoms with Crippen molar-refractivity contribution < 1.29 is 19.0 Å². The third-order valence-electron chi connectivity index (χ3n) is 3.52. The van der Waals surface area contributed by atoms with Gasteiger partial charge in [0, 0.05) is 19.2 Å². The first-order chi connectivity index (χ1) is 11.6. The maximum atomic E-state index is 13.4. The van der Waals surface area contributed by atoms with E-state index in [2.05, 4.69) is 10.6 Å². The Balaban J connectivity index is 1.74. The zero-order valence-electron chi connectivity index (χ0n) is 13.5. The van der Waals surface area contributed by atoms with Crippen molar-refractivity contribution in [2.24, 2.45) is 0 Å². The average molecular weight is 332 g/mol. The summed E-state index contributed by atoms with van der Waals surface area (Å²) in [5.74, 6) is 0.0106. The molecule has 0 heterocycles. The van der Waals surface area contributed by atoms with E-state index >= 15 is 0 Å². The maximum absolute atomic E-state index is 13.4. The monoisotopic (exact) mass is 332 g/mol. The molecule has 0 aliphatic rings. The Morgan fingerprint density at radius 1 is 1.08 bits per heavy atom. The molecule has 0 spiro atoms. The van der Waals surface area contributed by atoms with Crippen LogP contribution in [0.5, 0.6) is 5.75 Å². The van der Waals surface area contributed by atoms with E-state index in [1.165, 1.54) is 19.2 Å². The van der Waals surface area contributed by atoms with E-state index in [1.54, 1.807) is 6.07 Å². The molecule has 2 rings (SSSR count). The van der Waals surface area contributed by atoms with Crippen molar-refractivity contribution >= 4 is 6.03 Å². The van der Waals surface area contributed by atoms with Crippen molar-refractivity contribution in [3.05, 3.63) is 65.0 Å². The highest BCUT2D eigenvalue weighted by Gasteiger charge is 2.04. The van der Waals surface area contributed by atoms with Crippen LogP contribution in [0.25, 0.3) is 0 Å². The first kappa shape index (κ1) is 17.7. The second kappa shape index (κ2) is 8.88. The van der Waals surface area contributed by atoms with Crippen molar-refractivity contribution in [1.82, 2.24) is 10.6 Å². The number of benzene rings is 2. The average Bonchev–Trinajstić information content (AvgIpc) is 2.60. The molecule has 0 saturated carbocycles. The lowest BCUT2D eigenvalue weighted by Gasteiger charge is -2.09. The van der Waals surface area contributed by atoms with Crippen molar-refractivity contribution in [3.8, 4) is 5.75 Å². The summed E-state index contributed by atoms with van der Waals surface area (Å²) in [5, 5.41) is 14.4. The first-order valence-corrected chi connectivity index (χ1v) is 7.64. The van der Waals surface area contributed by atoms with Crippen molar-refractivity contribution in [1.29, 1.82) is 0 Å². The van der Waals surface area contributed by atoms with Crippen molar-refractivity contribution in [3.63, 3.8) is 0 Å². The fourth-order valence-corrected chi connectivity index (χ4v) is 2.22. The fourth-order valence-electron chi connectivity index (χ4n) is 2.22. The first-order valence-electron chi connectivity index (χ1n) is 7.64. The number of hydrogen-bond acceptors (Lipinski definition) is 3. The summed E-state index contributed by atoms with van der Waals surface area (Å²) in [4.78, 5) is 11.8. The van der Waals surface area contributed by atoms with E-state index in [4.69, 9.17) is 9.84 Å². The molecule has 3 N–H and O–H groups in total. The molecule has 0 bridgehead atoms. The second-order valence-electron chi connectivity index (χ2n) is 5.33. The van der Waals surface area contributed by atoms with Crippen LogP contribution < -0.4 is 15.4 Å². The smallest absolute Gasteiger partial charge is 0.315 e. The number of carbonyl (C=O) groups excluding carboxylic acids is 1. The standard InChI is InChI=1S/C18H21FN2O3/c1-24-17-9-15(8-16(19)10-17)11-21-18(23)20-7-6-13-2-4-14(12-22)5-3-13/h2-5,8-10,22H,6-7,11-12H2,1H3,(H2,20,21,23). The number of nitrogens with one attached hydrogen (secondary N) is 2. The van der Waals surface area contributed by atoms with Crippen LogP contribution in [-0.2, 0) is 19.6 Å². The van der Waals surface area contributed by atoms with Gasteiger partial charge < -0.3 is 20.5 Å². The zero-order chi connectivity index (χ0) is 17.4. The van der Waals surface area contributed by atoms with Gasteiger partial charge in [-0.3, -0.25) is 0 Å². The molecule has 0 aliphatic heterocycles. The molecule has 0 fully saturated rings. The number of aliphatic hydroxyl groups excluding tert-OH is 1. The molecule has 2 aromatic carbocycles. The molecule has 128 valence electrons. The van der Waals surface area contributed by atoms with Gasteiger partial charge in [-0.15, -0.1) is 0 Å². The minimum absolute atomic E-state index is 0.0196. The Hall–Kier alpha value is -2.60. The Morgan fingerprint density at radius 2 is 1.79 bits per heavy atom. The quantitative estimate of drug-likeness (QED) is 0.729. The summed E-state index contributed by atoms with van der Waals surface area (Å²) in [6, 6.07) is 11.5. The molecule has 0 aromatic heterocycles. The van der Waals surface area contributed by atoms with Gasteiger partial charge in [-0.05, 0) is 35.2 Å². The number of amides is 2. The highest BCUT2D eigenvalue weighted by Crippen LogP contribution is 2.15. The largest absolute Gasteiger partial charge is 0.497 e. The molecule has 0 radical (unpaired) electrons. The molecule has 0 aliphatic carbocycles. The van der Waals surface area contributed by atoms with Crippen LogP contribution in [0.1, 0.15) is 16.7 Å². The van der Waals surface area contributed by atoms with Gasteiger partial charge in [0.05, 0.1) is 13.7 Å². The van der Waals surface area contributed by atoms with Gasteiger partial charge in [0.1, 0.15) is 11.6 Å². The van der Waals surface area contributed by atoms with Gasteiger partial charge in [-0.2, -0.15) is 0 Å². The Kier molecular flexibility index (Phi) is 6.57. The number of hydrogen-bond donors (Lipinski definition) is 3. The lowest BCUT2D eigenvalue weighted by molar-refractivity contribution is 0.240. The molecule has 0 saturated heterocycles. The maximum Gasteiger partial charge on any atom is 0.315 e. The van der Waals surface area contributed by atoms with Crippen molar-refractivity contribution in [2.45, 2.75) is 19.6 Å². The molecule has 5 nitrogen and oxygen atoms in total. The van der Waals surface area contributed by atoms with Crippen molar-refractivity contribution in [2.75, 3.05) is 13.7 Å². The Bertz CT molecular complexity index is 674. The number of ether oxygens (including phenoxy) is 1. The number of methoxy groups -OCH3 is 1. The number of urea groups is 1. The predicted molar refractivity (Wildman–Crippen MR) is 89.3 cm³/mol. The van der Waals surface area contributed by atoms with Gasteiger partial charge >= 0.3 is 6.03 Å². The van der Waals surface area contributed by atoms with E-state index in [0.717, 1.165) is 11.1 Å². The summed E-state index contributed by atoms with van der Waals surface area (Å²) in [6.07, 6.45) is 0.687. The third kappa shape index (κ3) is 5.55. The molecule has 0 atom stereocenters. The molecule has 2 aromatic rings. The van der Waals surface area contributed by atoms with E-state index in [1.807, 2.05) is 24.3 Å². The molecular formula is C18H21FN2O3. The number of rotatable bonds is 7. The van der Waals surface area contributed by atoms with Gasteiger partial charge in [-0.25, -0.2) is 9.18 Å². The summed E-state index contributed by atoms with van der Waals surface area (Å²) >= 11 is 0. The van der Waals surface area contributed by atoms with E-state index in [9.17, 15) is 9.18 Å². The third-order valence-corrected chi connectivity index (χ3v) is 3.52. The Morgan fingerprint density at radius 3 is 2.46 bits per heavy atom. The van der Waals surface area contributed by atoms with Crippen LogP contribution in [0.3, 0.4) is 0 Å². The second-order valence-corrected chi connectivity index (χ2v) is 5.33. The van der Waals surface area contributed by atoms with Crippen LogP contribution >= 0.6 is 0 Å². The predicted octanol–water partition coefficient (Wildman–Crippen LogP) is 2.37. The van der Waals surface area contributed by atoms with E-state index in [0.29, 0.717) is 24.3 Å². The van der Waals surface area contributed by atoms with E-state index < -0.39 is 5.82 Å². The summed E-state index contributed by atoms with van der Waals surface area (Å²) < 4.78 is 18.3.